The third kappa shape index (κ3) is 5.10. The fourth-order valence-corrected chi connectivity index (χ4v) is 2.05. The summed E-state index contributed by atoms with van der Waals surface area (Å²) in [6, 6.07) is 8.45. The minimum absolute atomic E-state index is 0.0734. The number of anilines is 1. The van der Waals surface area contributed by atoms with E-state index in [1.54, 1.807) is 44.2 Å². The first-order chi connectivity index (χ1) is 11.0. The van der Waals surface area contributed by atoms with E-state index in [0.29, 0.717) is 23.0 Å². The van der Waals surface area contributed by atoms with E-state index in [4.69, 9.17) is 20.9 Å². The van der Waals surface area contributed by atoms with Gasteiger partial charge in [0.2, 0.25) is 0 Å². The summed E-state index contributed by atoms with van der Waals surface area (Å²) in [6.45, 7) is 3.47. The van der Waals surface area contributed by atoms with Crippen molar-refractivity contribution in [3.05, 3.63) is 46.7 Å². The Hall–Kier alpha value is -2.34. The molecule has 0 aliphatic heterocycles. The number of carbonyl (C=O) groups is 2. The van der Waals surface area contributed by atoms with Crippen molar-refractivity contribution >= 4 is 29.3 Å². The Morgan fingerprint density at radius 1 is 1.35 bits per heavy atom. The Balaban J connectivity index is 1.91. The number of ether oxygens (including phenoxy) is 1. The number of benzene rings is 1. The third-order valence-electron chi connectivity index (χ3n) is 3.08. The maximum absolute atomic E-state index is 12.1. The van der Waals surface area contributed by atoms with Crippen molar-refractivity contribution in [3.63, 3.8) is 0 Å². The molecule has 23 heavy (non-hydrogen) atoms. The number of aromatic nitrogens is 1. The van der Waals surface area contributed by atoms with Gasteiger partial charge in [0.1, 0.15) is 5.76 Å². The standard InChI is InChI=1S/C16H17ClN2O4/c1-3-13(16(21)18-14-8-10(2)23-19-14)22-15(20)9-11-4-6-12(17)7-5-11/h4-8,13H,3,9H2,1-2H3,(H,18,19,21)/t13-/m0/s1. The molecule has 1 amide bonds. The third-order valence-corrected chi connectivity index (χ3v) is 3.33. The van der Waals surface area contributed by atoms with Gasteiger partial charge in [-0.1, -0.05) is 35.8 Å². The van der Waals surface area contributed by atoms with Crippen LogP contribution in [0.15, 0.2) is 34.9 Å². The van der Waals surface area contributed by atoms with Crippen molar-refractivity contribution in [2.24, 2.45) is 0 Å². The normalized spacial score (nSPS) is 11.8. The summed E-state index contributed by atoms with van der Waals surface area (Å²) in [5, 5.41) is 6.81. The lowest BCUT2D eigenvalue weighted by Gasteiger charge is -2.15. The number of carbonyl (C=O) groups excluding carboxylic acids is 2. The second-order valence-corrected chi connectivity index (χ2v) is 5.44. The summed E-state index contributed by atoms with van der Waals surface area (Å²) in [7, 11) is 0. The molecule has 0 fully saturated rings. The number of rotatable bonds is 6. The zero-order valence-electron chi connectivity index (χ0n) is 12.8. The summed E-state index contributed by atoms with van der Waals surface area (Å²) < 4.78 is 10.1. The molecule has 0 unspecified atom stereocenters. The highest BCUT2D eigenvalue weighted by Gasteiger charge is 2.22. The molecular weight excluding hydrogens is 320 g/mol. The molecule has 0 bridgehead atoms. The number of hydrogen-bond acceptors (Lipinski definition) is 5. The van der Waals surface area contributed by atoms with Crippen molar-refractivity contribution in [2.75, 3.05) is 5.32 Å². The summed E-state index contributed by atoms with van der Waals surface area (Å²) >= 11 is 5.79. The van der Waals surface area contributed by atoms with Gasteiger partial charge in [-0.3, -0.25) is 9.59 Å². The summed E-state index contributed by atoms with van der Waals surface area (Å²) in [5.74, 6) is -0.0521. The molecule has 1 N–H and O–H groups in total. The number of nitrogens with zero attached hydrogens (tertiary/aromatic N) is 1. The van der Waals surface area contributed by atoms with Crippen LogP contribution in [0, 0.1) is 6.92 Å². The Bertz CT molecular complexity index is 682. The average Bonchev–Trinajstić information content (AvgIpc) is 2.92. The van der Waals surface area contributed by atoms with E-state index >= 15 is 0 Å². The summed E-state index contributed by atoms with van der Waals surface area (Å²) in [4.78, 5) is 24.1. The van der Waals surface area contributed by atoms with Crippen molar-refractivity contribution < 1.29 is 18.8 Å². The molecule has 7 heteroatoms. The zero-order chi connectivity index (χ0) is 16.8. The van der Waals surface area contributed by atoms with Crippen molar-refractivity contribution in [2.45, 2.75) is 32.8 Å². The van der Waals surface area contributed by atoms with E-state index in [9.17, 15) is 9.59 Å². The van der Waals surface area contributed by atoms with Gasteiger partial charge < -0.3 is 14.6 Å². The highest BCUT2D eigenvalue weighted by molar-refractivity contribution is 6.30. The zero-order valence-corrected chi connectivity index (χ0v) is 13.6. The molecule has 0 saturated heterocycles. The minimum atomic E-state index is -0.883. The van der Waals surface area contributed by atoms with Gasteiger partial charge in [0.25, 0.3) is 5.91 Å². The lowest BCUT2D eigenvalue weighted by Crippen LogP contribution is -2.32. The number of amides is 1. The molecular formula is C16H17ClN2O4. The fourth-order valence-electron chi connectivity index (χ4n) is 1.92. The lowest BCUT2D eigenvalue weighted by atomic mass is 10.1. The molecule has 2 rings (SSSR count). The smallest absolute Gasteiger partial charge is 0.311 e. The number of aryl methyl sites for hydroxylation is 1. The molecule has 0 aliphatic rings. The van der Waals surface area contributed by atoms with Crippen LogP contribution >= 0.6 is 11.6 Å². The molecule has 122 valence electrons. The lowest BCUT2D eigenvalue weighted by molar-refractivity contribution is -0.153. The molecule has 0 aliphatic carbocycles. The van der Waals surface area contributed by atoms with Gasteiger partial charge in [0.15, 0.2) is 11.9 Å². The van der Waals surface area contributed by atoms with Crippen LogP contribution in [0.25, 0.3) is 0 Å². The van der Waals surface area contributed by atoms with Crippen LogP contribution in [0.1, 0.15) is 24.7 Å². The van der Waals surface area contributed by atoms with E-state index in [-0.39, 0.29) is 6.42 Å². The van der Waals surface area contributed by atoms with Crippen molar-refractivity contribution in [1.29, 1.82) is 0 Å². The van der Waals surface area contributed by atoms with Crippen LogP contribution in [0.5, 0.6) is 0 Å². The van der Waals surface area contributed by atoms with E-state index in [1.807, 2.05) is 0 Å². The first-order valence-electron chi connectivity index (χ1n) is 7.16. The molecule has 6 nitrogen and oxygen atoms in total. The van der Waals surface area contributed by atoms with Crippen LogP contribution in [0.3, 0.4) is 0 Å². The predicted molar refractivity (Wildman–Crippen MR) is 85.2 cm³/mol. The molecule has 0 spiro atoms. The predicted octanol–water partition coefficient (Wildman–Crippen LogP) is 3.14. The Kier molecular flexibility index (Phi) is 5.76. The fraction of sp³-hybridized carbons (Fsp3) is 0.312. The van der Waals surface area contributed by atoms with Gasteiger partial charge in [-0.25, -0.2) is 0 Å². The van der Waals surface area contributed by atoms with Crippen LogP contribution in [0.2, 0.25) is 5.02 Å². The Labute approximate surface area is 138 Å². The summed E-state index contributed by atoms with van der Waals surface area (Å²) in [5.41, 5.74) is 0.766. The van der Waals surface area contributed by atoms with Gasteiger partial charge >= 0.3 is 5.97 Å². The largest absolute Gasteiger partial charge is 0.452 e. The average molecular weight is 337 g/mol. The van der Waals surface area contributed by atoms with Gasteiger partial charge in [-0.15, -0.1) is 0 Å². The van der Waals surface area contributed by atoms with Gasteiger partial charge in [0.05, 0.1) is 6.42 Å². The maximum atomic E-state index is 12.1. The highest BCUT2D eigenvalue weighted by Crippen LogP contribution is 2.12. The molecule has 0 saturated carbocycles. The van der Waals surface area contributed by atoms with E-state index < -0.39 is 18.0 Å². The van der Waals surface area contributed by atoms with Crippen LogP contribution < -0.4 is 5.32 Å². The molecule has 1 aromatic heterocycles. The highest BCUT2D eigenvalue weighted by atomic mass is 35.5. The number of nitrogens with one attached hydrogen (secondary N) is 1. The first kappa shape index (κ1) is 17.0. The minimum Gasteiger partial charge on any atom is -0.452 e. The van der Waals surface area contributed by atoms with Gasteiger partial charge in [-0.05, 0) is 31.0 Å². The molecule has 0 radical (unpaired) electrons. The number of hydrogen-bond donors (Lipinski definition) is 1. The topological polar surface area (TPSA) is 81.4 Å². The molecule has 1 atom stereocenters. The van der Waals surface area contributed by atoms with Crippen LogP contribution in [0.4, 0.5) is 5.82 Å². The van der Waals surface area contributed by atoms with Crippen molar-refractivity contribution in [1.82, 2.24) is 5.16 Å². The van der Waals surface area contributed by atoms with Crippen molar-refractivity contribution in [3.8, 4) is 0 Å². The van der Waals surface area contributed by atoms with Gasteiger partial charge in [-0.2, -0.15) is 0 Å². The van der Waals surface area contributed by atoms with Gasteiger partial charge in [0, 0.05) is 11.1 Å². The summed E-state index contributed by atoms with van der Waals surface area (Å²) in [6.07, 6.45) is -0.453. The SMILES string of the molecule is CC[C@H](OC(=O)Cc1ccc(Cl)cc1)C(=O)Nc1cc(C)on1. The van der Waals surface area contributed by atoms with E-state index in [2.05, 4.69) is 10.5 Å². The monoisotopic (exact) mass is 336 g/mol. The second kappa shape index (κ2) is 7.78. The second-order valence-electron chi connectivity index (χ2n) is 5.00. The maximum Gasteiger partial charge on any atom is 0.311 e. The van der Waals surface area contributed by atoms with E-state index in [0.717, 1.165) is 5.56 Å². The number of halogens is 1. The molecule has 1 heterocycles. The van der Waals surface area contributed by atoms with Crippen LogP contribution in [-0.4, -0.2) is 23.1 Å². The molecule has 1 aromatic carbocycles. The molecule has 2 aromatic rings. The quantitative estimate of drug-likeness (QED) is 0.819. The van der Waals surface area contributed by atoms with Crippen LogP contribution in [-0.2, 0) is 20.7 Å². The number of esters is 1. The first-order valence-corrected chi connectivity index (χ1v) is 7.54. The Morgan fingerprint density at radius 2 is 2.04 bits per heavy atom. The van der Waals surface area contributed by atoms with E-state index in [1.165, 1.54) is 0 Å². The Morgan fingerprint density at radius 3 is 2.61 bits per heavy atom.